The Kier molecular flexibility index (Phi) is 11.6. The number of carbonyl (C=O) groups excluding carboxylic acids is 4. The third-order valence-electron chi connectivity index (χ3n) is 10.3. The zero-order valence-electron chi connectivity index (χ0n) is 29.7. The predicted octanol–water partition coefficient (Wildman–Crippen LogP) is 4.97. The molecule has 5 rings (SSSR count). The molecular weight excluding hydrogens is 634 g/mol. The summed E-state index contributed by atoms with van der Waals surface area (Å²) in [4.78, 5) is 59.7. The van der Waals surface area contributed by atoms with E-state index in [9.17, 15) is 19.5 Å². The van der Waals surface area contributed by atoms with Crippen molar-refractivity contribution in [1.29, 1.82) is 0 Å². The zero-order valence-corrected chi connectivity index (χ0v) is 29.7. The Hall–Kier alpha value is -4.28. The maximum atomic E-state index is 15.0. The monoisotopic (exact) mass is 685 g/mol. The summed E-state index contributed by atoms with van der Waals surface area (Å²) in [5.41, 5.74) is 1.98. The molecule has 7 atom stereocenters. The van der Waals surface area contributed by atoms with Gasteiger partial charge in [-0.15, -0.1) is 13.2 Å². The first-order chi connectivity index (χ1) is 24.0. The van der Waals surface area contributed by atoms with Crippen LogP contribution in [0.5, 0.6) is 0 Å². The van der Waals surface area contributed by atoms with Crippen molar-refractivity contribution in [1.82, 2.24) is 10.2 Å². The number of rotatable bonds is 16. The number of esters is 1. The van der Waals surface area contributed by atoms with Crippen LogP contribution in [0.4, 0.5) is 5.69 Å². The number of allylic oxidation sites excluding steroid dienone is 1. The molecule has 50 heavy (non-hydrogen) atoms. The molecule has 268 valence electrons. The number of ether oxygens (including phenoxy) is 2. The summed E-state index contributed by atoms with van der Waals surface area (Å²) < 4.78 is 12.9. The van der Waals surface area contributed by atoms with Crippen molar-refractivity contribution in [2.24, 2.45) is 17.8 Å². The first-order valence-electron chi connectivity index (χ1n) is 17.7. The molecule has 1 spiro atoms. The summed E-state index contributed by atoms with van der Waals surface area (Å²) in [7, 11) is 0. The van der Waals surface area contributed by atoms with Crippen molar-refractivity contribution in [3.8, 4) is 0 Å². The molecule has 2 N–H and O–H groups in total. The molecule has 0 saturated carbocycles. The second-order valence-electron chi connectivity index (χ2n) is 14.3. The summed E-state index contributed by atoms with van der Waals surface area (Å²) in [5.74, 6) is -3.36. The SMILES string of the molecule is C=CCCC(=O)NC[C@@H](OC(=O)[C@@H]1[C@@H]2CC[C@]3(O2)[C@H](C(=O)N(CC=C)c2cc(C)ccc2C)N([C@@H](CO)CC(C)C)C(=O)[C@@H]13)c1ccccc1. The highest BCUT2D eigenvalue weighted by Gasteiger charge is 2.75. The minimum atomic E-state index is -1.29. The highest BCUT2D eigenvalue weighted by Crippen LogP contribution is 2.59. The molecule has 2 aromatic rings. The Morgan fingerprint density at radius 1 is 1.14 bits per heavy atom. The molecule has 3 heterocycles. The van der Waals surface area contributed by atoms with E-state index in [1.807, 2.05) is 76.2 Å². The Morgan fingerprint density at radius 2 is 1.88 bits per heavy atom. The van der Waals surface area contributed by atoms with E-state index in [1.54, 1.807) is 17.1 Å². The lowest BCUT2D eigenvalue weighted by Gasteiger charge is -2.40. The minimum absolute atomic E-state index is 0.0499. The van der Waals surface area contributed by atoms with Crippen LogP contribution < -0.4 is 10.2 Å². The van der Waals surface area contributed by atoms with E-state index >= 15 is 4.79 Å². The van der Waals surface area contributed by atoms with Crippen molar-refractivity contribution >= 4 is 29.4 Å². The molecule has 10 heteroatoms. The van der Waals surface area contributed by atoms with Crippen LogP contribution in [-0.4, -0.2) is 77.2 Å². The van der Waals surface area contributed by atoms with Gasteiger partial charge in [0, 0.05) is 18.7 Å². The van der Waals surface area contributed by atoms with Gasteiger partial charge in [0.25, 0.3) is 5.91 Å². The first kappa shape index (κ1) is 37.0. The van der Waals surface area contributed by atoms with Crippen molar-refractivity contribution in [3.05, 3.63) is 90.5 Å². The van der Waals surface area contributed by atoms with E-state index in [2.05, 4.69) is 18.5 Å². The number of fused-ring (bicyclic) bond motifs is 1. The van der Waals surface area contributed by atoms with Gasteiger partial charge in [0.15, 0.2) is 0 Å². The van der Waals surface area contributed by atoms with Crippen molar-refractivity contribution < 1.29 is 33.8 Å². The van der Waals surface area contributed by atoms with Crippen LogP contribution >= 0.6 is 0 Å². The second-order valence-corrected chi connectivity index (χ2v) is 14.3. The van der Waals surface area contributed by atoms with Crippen LogP contribution in [0.2, 0.25) is 0 Å². The topological polar surface area (TPSA) is 125 Å². The van der Waals surface area contributed by atoms with Crippen LogP contribution in [0, 0.1) is 31.6 Å². The van der Waals surface area contributed by atoms with Gasteiger partial charge in [0.2, 0.25) is 11.8 Å². The van der Waals surface area contributed by atoms with E-state index in [-0.39, 0.29) is 49.8 Å². The van der Waals surface area contributed by atoms with Gasteiger partial charge >= 0.3 is 5.97 Å². The molecule has 2 bridgehead atoms. The number of amides is 3. The molecule has 3 aliphatic heterocycles. The van der Waals surface area contributed by atoms with Crippen LogP contribution in [0.3, 0.4) is 0 Å². The van der Waals surface area contributed by atoms with E-state index in [0.717, 1.165) is 11.1 Å². The number of carbonyl (C=O) groups is 4. The summed E-state index contributed by atoms with van der Waals surface area (Å²) in [6.07, 6.45) is 3.99. The van der Waals surface area contributed by atoms with Gasteiger partial charge in [-0.05, 0) is 68.2 Å². The van der Waals surface area contributed by atoms with Gasteiger partial charge in [-0.1, -0.05) is 68.5 Å². The Labute approximate surface area is 295 Å². The molecule has 2 aromatic carbocycles. The molecule has 3 amide bonds. The fourth-order valence-electron chi connectivity index (χ4n) is 8.09. The van der Waals surface area contributed by atoms with Crippen molar-refractivity contribution in [3.63, 3.8) is 0 Å². The fourth-order valence-corrected chi connectivity index (χ4v) is 8.09. The molecule has 10 nitrogen and oxygen atoms in total. The maximum absolute atomic E-state index is 15.0. The number of benzene rings is 2. The Balaban J connectivity index is 1.52. The molecule has 0 unspecified atom stereocenters. The zero-order chi connectivity index (χ0) is 36.2. The highest BCUT2D eigenvalue weighted by atomic mass is 16.6. The normalized spacial score (nSPS) is 24.8. The van der Waals surface area contributed by atoms with Crippen molar-refractivity contribution in [2.45, 2.75) is 89.7 Å². The second kappa shape index (κ2) is 15.7. The summed E-state index contributed by atoms with van der Waals surface area (Å²) in [5, 5.41) is 13.6. The third kappa shape index (κ3) is 7.14. The van der Waals surface area contributed by atoms with Crippen LogP contribution in [-0.2, 0) is 28.7 Å². The van der Waals surface area contributed by atoms with E-state index in [0.29, 0.717) is 36.9 Å². The van der Waals surface area contributed by atoms with Gasteiger partial charge < -0.3 is 29.7 Å². The summed E-state index contributed by atoms with van der Waals surface area (Å²) in [6, 6.07) is 13.3. The number of hydrogen-bond donors (Lipinski definition) is 2. The lowest BCUT2D eigenvalue weighted by Crippen LogP contribution is -2.59. The van der Waals surface area contributed by atoms with Crippen LogP contribution in [0.25, 0.3) is 0 Å². The third-order valence-corrected chi connectivity index (χ3v) is 10.3. The van der Waals surface area contributed by atoms with Crippen LogP contribution in [0.1, 0.15) is 68.7 Å². The predicted molar refractivity (Wildman–Crippen MR) is 191 cm³/mol. The first-order valence-corrected chi connectivity index (χ1v) is 17.7. The molecule has 0 aliphatic carbocycles. The minimum Gasteiger partial charge on any atom is -0.455 e. The summed E-state index contributed by atoms with van der Waals surface area (Å²) in [6.45, 7) is 15.4. The van der Waals surface area contributed by atoms with Crippen LogP contribution in [0.15, 0.2) is 73.8 Å². The van der Waals surface area contributed by atoms with E-state index in [4.69, 9.17) is 9.47 Å². The fraction of sp³-hybridized carbons (Fsp3) is 0.500. The standard InChI is InChI=1S/C40H51N3O7/c1-7-9-15-33(45)41-23-32(28-13-11-10-12-14-28)49-39(48)34-31-18-19-40(50-31)35(34)37(46)43(29(24-44)21-25(3)4)36(40)38(47)42(20-8-2)30-22-26(5)16-17-27(30)6/h7-8,10-14,16-17,22,25,29,31-32,34-36,44H,1-2,9,15,18-21,23-24H2,3-6H3,(H,41,45)/t29-,31+,32-,34-,35-,36+,40-/m1/s1. The maximum Gasteiger partial charge on any atom is 0.313 e. The highest BCUT2D eigenvalue weighted by molar-refractivity contribution is 6.05. The Morgan fingerprint density at radius 3 is 2.54 bits per heavy atom. The average molecular weight is 686 g/mol. The number of aliphatic hydroxyl groups excluding tert-OH is 1. The number of aryl methyl sites for hydroxylation is 2. The smallest absolute Gasteiger partial charge is 0.313 e. The Bertz CT molecular complexity index is 1590. The molecule has 3 aliphatic rings. The van der Waals surface area contributed by atoms with Gasteiger partial charge in [0.05, 0.1) is 37.1 Å². The van der Waals surface area contributed by atoms with E-state index in [1.165, 1.54) is 4.90 Å². The van der Waals surface area contributed by atoms with Gasteiger partial charge in [-0.3, -0.25) is 19.2 Å². The number of anilines is 1. The largest absolute Gasteiger partial charge is 0.455 e. The lowest BCUT2D eigenvalue weighted by molar-refractivity contribution is -0.161. The summed E-state index contributed by atoms with van der Waals surface area (Å²) >= 11 is 0. The lowest BCUT2D eigenvalue weighted by atomic mass is 9.70. The molecule has 0 aromatic heterocycles. The number of nitrogens with zero attached hydrogens (tertiary/aromatic N) is 2. The molecule has 3 fully saturated rings. The quantitative estimate of drug-likeness (QED) is 0.189. The van der Waals surface area contributed by atoms with Gasteiger partial charge in [0.1, 0.15) is 17.7 Å². The number of aliphatic hydroxyl groups is 1. The number of likely N-dealkylation sites (tertiary alicyclic amines) is 1. The van der Waals surface area contributed by atoms with Gasteiger partial charge in [-0.25, -0.2) is 0 Å². The molecule has 3 saturated heterocycles. The molecule has 0 radical (unpaired) electrons. The van der Waals surface area contributed by atoms with Gasteiger partial charge in [-0.2, -0.15) is 0 Å². The number of nitrogens with one attached hydrogen (secondary N) is 1. The number of hydrogen-bond acceptors (Lipinski definition) is 7. The van der Waals surface area contributed by atoms with E-state index < -0.39 is 47.7 Å². The molecular formula is C40H51N3O7. The van der Waals surface area contributed by atoms with Crippen molar-refractivity contribution in [2.75, 3.05) is 24.6 Å². The average Bonchev–Trinajstić information content (AvgIpc) is 3.75.